The number of nitrogens with one attached hydrogen (secondary N) is 1. The second kappa shape index (κ2) is 7.25. The van der Waals surface area contributed by atoms with E-state index < -0.39 is 6.10 Å². The monoisotopic (exact) mass is 312 g/mol. The Balaban J connectivity index is 1.49. The molecule has 2 heterocycles. The van der Waals surface area contributed by atoms with Crippen molar-refractivity contribution in [3.63, 3.8) is 0 Å². The number of hydrogen-bond acceptors (Lipinski definition) is 5. The van der Waals surface area contributed by atoms with Crippen LogP contribution in [-0.2, 0) is 14.3 Å². The molecule has 22 heavy (non-hydrogen) atoms. The molecule has 0 radical (unpaired) electrons. The fourth-order valence-corrected chi connectivity index (χ4v) is 3.64. The Kier molecular flexibility index (Phi) is 5.33. The van der Waals surface area contributed by atoms with Gasteiger partial charge in [0.05, 0.1) is 37.9 Å². The van der Waals surface area contributed by atoms with E-state index in [-0.39, 0.29) is 24.2 Å². The molecule has 2 saturated heterocycles. The van der Waals surface area contributed by atoms with Crippen molar-refractivity contribution >= 4 is 5.91 Å². The lowest BCUT2D eigenvalue weighted by Gasteiger charge is -2.43. The minimum atomic E-state index is -0.433. The van der Waals surface area contributed by atoms with Gasteiger partial charge in [-0.25, -0.2) is 0 Å². The molecule has 0 aromatic rings. The Bertz CT molecular complexity index is 388. The van der Waals surface area contributed by atoms with E-state index in [9.17, 15) is 9.90 Å². The van der Waals surface area contributed by atoms with Crippen molar-refractivity contribution in [2.45, 2.75) is 68.9 Å². The largest absolute Gasteiger partial charge is 0.389 e. The van der Waals surface area contributed by atoms with E-state index in [0.29, 0.717) is 32.2 Å². The van der Waals surface area contributed by atoms with Crippen LogP contribution in [0, 0.1) is 0 Å². The zero-order valence-electron chi connectivity index (χ0n) is 13.4. The van der Waals surface area contributed by atoms with Crippen molar-refractivity contribution < 1.29 is 19.4 Å². The average Bonchev–Trinajstić information content (AvgIpc) is 2.41. The van der Waals surface area contributed by atoms with Gasteiger partial charge < -0.3 is 19.9 Å². The maximum absolute atomic E-state index is 12.0. The standard InChI is InChI=1S/C16H28N2O4/c1-18-8-12(19)9-21-10-15-14(18)6-5-13(22-15)7-16(20)17-11-3-2-4-11/h11-15,19H,2-10H2,1H3,(H,17,20)/t12-,13+,14-,15+/m1/s1. The van der Waals surface area contributed by atoms with Crippen LogP contribution in [-0.4, -0.2) is 73.1 Å². The minimum Gasteiger partial charge on any atom is -0.389 e. The molecule has 0 bridgehead atoms. The molecule has 4 atom stereocenters. The van der Waals surface area contributed by atoms with Crippen molar-refractivity contribution in [2.24, 2.45) is 0 Å². The van der Waals surface area contributed by atoms with Gasteiger partial charge in [-0.15, -0.1) is 0 Å². The third kappa shape index (κ3) is 3.98. The van der Waals surface area contributed by atoms with Crippen molar-refractivity contribution in [1.29, 1.82) is 0 Å². The van der Waals surface area contributed by atoms with Crippen LogP contribution in [0.5, 0.6) is 0 Å². The number of aliphatic hydroxyl groups excluding tert-OH is 1. The topological polar surface area (TPSA) is 71.0 Å². The molecular weight excluding hydrogens is 284 g/mol. The third-order valence-electron chi connectivity index (χ3n) is 5.12. The number of rotatable bonds is 3. The Morgan fingerprint density at radius 3 is 2.82 bits per heavy atom. The van der Waals surface area contributed by atoms with E-state index in [1.54, 1.807) is 0 Å². The second-order valence-electron chi connectivity index (χ2n) is 6.97. The zero-order valence-corrected chi connectivity index (χ0v) is 13.4. The smallest absolute Gasteiger partial charge is 0.222 e. The first-order valence-corrected chi connectivity index (χ1v) is 8.52. The quantitative estimate of drug-likeness (QED) is 0.783. The Hall–Kier alpha value is -0.690. The molecule has 126 valence electrons. The number of β-amino-alcohol motifs (C(OH)–C–C–N with tert-alkyl or cyclic N) is 1. The number of fused-ring (bicyclic) bond motifs is 1. The second-order valence-corrected chi connectivity index (χ2v) is 6.97. The summed E-state index contributed by atoms with van der Waals surface area (Å²) in [5.41, 5.74) is 0. The highest BCUT2D eigenvalue weighted by atomic mass is 16.5. The first kappa shape index (κ1) is 16.2. The molecule has 2 N–H and O–H groups in total. The first-order chi connectivity index (χ1) is 10.6. The molecule has 0 aromatic carbocycles. The van der Waals surface area contributed by atoms with E-state index in [2.05, 4.69) is 10.2 Å². The highest BCUT2D eigenvalue weighted by Gasteiger charge is 2.36. The summed E-state index contributed by atoms with van der Waals surface area (Å²) >= 11 is 0. The number of ether oxygens (including phenoxy) is 2. The predicted molar refractivity (Wildman–Crippen MR) is 81.5 cm³/mol. The highest BCUT2D eigenvalue weighted by Crippen LogP contribution is 2.27. The molecule has 1 aliphatic carbocycles. The van der Waals surface area contributed by atoms with Gasteiger partial charge in [0.25, 0.3) is 0 Å². The molecular formula is C16H28N2O4. The van der Waals surface area contributed by atoms with E-state index in [0.717, 1.165) is 25.7 Å². The molecule has 3 aliphatic rings. The van der Waals surface area contributed by atoms with E-state index >= 15 is 0 Å². The number of hydrogen-bond donors (Lipinski definition) is 2. The number of aliphatic hydroxyl groups is 1. The lowest BCUT2D eigenvalue weighted by molar-refractivity contribution is -0.153. The number of nitrogens with zero attached hydrogens (tertiary/aromatic N) is 1. The molecule has 0 aromatic heterocycles. The molecule has 3 fully saturated rings. The van der Waals surface area contributed by atoms with Gasteiger partial charge in [-0.2, -0.15) is 0 Å². The maximum Gasteiger partial charge on any atom is 0.222 e. The van der Waals surface area contributed by atoms with Crippen LogP contribution < -0.4 is 5.32 Å². The van der Waals surface area contributed by atoms with Crippen molar-refractivity contribution in [3.8, 4) is 0 Å². The molecule has 1 amide bonds. The van der Waals surface area contributed by atoms with E-state index in [1.807, 2.05) is 7.05 Å². The van der Waals surface area contributed by atoms with Gasteiger partial charge in [-0.3, -0.25) is 9.69 Å². The summed E-state index contributed by atoms with van der Waals surface area (Å²) in [4.78, 5) is 14.2. The van der Waals surface area contributed by atoms with Gasteiger partial charge in [0.15, 0.2) is 0 Å². The van der Waals surface area contributed by atoms with Crippen LogP contribution >= 0.6 is 0 Å². The molecule has 2 aliphatic heterocycles. The fourth-order valence-electron chi connectivity index (χ4n) is 3.64. The van der Waals surface area contributed by atoms with Crippen molar-refractivity contribution in [1.82, 2.24) is 10.2 Å². The Morgan fingerprint density at radius 1 is 1.27 bits per heavy atom. The number of likely N-dealkylation sites (N-methyl/N-ethyl adjacent to an activating group) is 1. The summed E-state index contributed by atoms with van der Waals surface area (Å²) < 4.78 is 11.7. The molecule has 1 saturated carbocycles. The van der Waals surface area contributed by atoms with E-state index in [4.69, 9.17) is 9.47 Å². The van der Waals surface area contributed by atoms with E-state index in [1.165, 1.54) is 6.42 Å². The molecule has 6 heteroatoms. The van der Waals surface area contributed by atoms with Crippen LogP contribution in [0.3, 0.4) is 0 Å². The normalized spacial score (nSPS) is 37.5. The third-order valence-corrected chi connectivity index (χ3v) is 5.12. The van der Waals surface area contributed by atoms with Gasteiger partial charge in [0.1, 0.15) is 0 Å². The first-order valence-electron chi connectivity index (χ1n) is 8.52. The van der Waals surface area contributed by atoms with Crippen LogP contribution in [0.25, 0.3) is 0 Å². The minimum absolute atomic E-state index is 0.00671. The SMILES string of the molecule is CN1C[C@@H](O)COC[C@@H]2O[C@H](CC(=O)NC3CCC3)CC[C@H]21. The molecule has 0 unspecified atom stereocenters. The van der Waals surface area contributed by atoms with Gasteiger partial charge in [-0.1, -0.05) is 0 Å². The van der Waals surface area contributed by atoms with Crippen LogP contribution in [0.15, 0.2) is 0 Å². The summed E-state index contributed by atoms with van der Waals surface area (Å²) in [6, 6.07) is 0.655. The molecule has 0 spiro atoms. The molecule has 6 nitrogen and oxygen atoms in total. The Labute approximate surface area is 132 Å². The molecule has 3 rings (SSSR count). The lowest BCUT2D eigenvalue weighted by Crippen LogP contribution is -2.54. The van der Waals surface area contributed by atoms with Gasteiger partial charge in [0.2, 0.25) is 5.91 Å². The van der Waals surface area contributed by atoms with Crippen LogP contribution in [0.2, 0.25) is 0 Å². The summed E-state index contributed by atoms with van der Waals surface area (Å²) in [5.74, 6) is 0.115. The maximum atomic E-state index is 12.0. The Morgan fingerprint density at radius 2 is 2.09 bits per heavy atom. The summed E-state index contributed by atoms with van der Waals surface area (Å²) in [5, 5.41) is 12.9. The number of carbonyl (C=O) groups excluding carboxylic acids is 1. The van der Waals surface area contributed by atoms with Crippen LogP contribution in [0.1, 0.15) is 38.5 Å². The highest BCUT2D eigenvalue weighted by molar-refractivity contribution is 5.76. The van der Waals surface area contributed by atoms with Crippen molar-refractivity contribution in [3.05, 3.63) is 0 Å². The zero-order chi connectivity index (χ0) is 15.5. The number of carbonyl (C=O) groups is 1. The van der Waals surface area contributed by atoms with Gasteiger partial charge >= 0.3 is 0 Å². The summed E-state index contributed by atoms with van der Waals surface area (Å²) in [7, 11) is 2.03. The van der Waals surface area contributed by atoms with Gasteiger partial charge in [-0.05, 0) is 39.2 Å². The summed E-state index contributed by atoms with van der Waals surface area (Å²) in [6.45, 7) is 1.45. The average molecular weight is 312 g/mol. The predicted octanol–water partition coefficient (Wildman–Crippen LogP) is 0.284. The van der Waals surface area contributed by atoms with Crippen molar-refractivity contribution in [2.75, 3.05) is 26.8 Å². The van der Waals surface area contributed by atoms with Crippen LogP contribution in [0.4, 0.5) is 0 Å². The number of amides is 1. The van der Waals surface area contributed by atoms with Gasteiger partial charge in [0, 0.05) is 18.6 Å². The fraction of sp³-hybridized carbons (Fsp3) is 0.938. The lowest BCUT2D eigenvalue weighted by atomic mass is 9.92. The summed E-state index contributed by atoms with van der Waals surface area (Å²) in [6.07, 6.45) is 5.33.